The molecule has 0 bridgehead atoms. The monoisotopic (exact) mass is 306 g/mol. The maximum absolute atomic E-state index is 8.73. The Morgan fingerprint density at radius 1 is 0.842 bits per heavy atom. The highest BCUT2D eigenvalue weighted by Gasteiger charge is 2.07. The summed E-state index contributed by atoms with van der Waals surface area (Å²) in [6.45, 7) is -0.566. The highest BCUT2D eigenvalue weighted by atomic mass is 32.2. The topological polar surface area (TPSA) is 128 Å². The van der Waals surface area contributed by atoms with Crippen LogP contribution in [0.4, 0.5) is 0 Å². The van der Waals surface area contributed by atoms with Crippen LogP contribution in [0, 0.1) is 0 Å². The number of rotatable bonds is 8. The fourth-order valence-electron chi connectivity index (χ4n) is 0.939. The molecule has 2 aromatic rings. The predicted octanol–water partition coefficient (Wildman–Crippen LogP) is 0.253. The molecule has 0 unspecified atom stereocenters. The van der Waals surface area contributed by atoms with E-state index >= 15 is 0 Å². The van der Waals surface area contributed by atoms with Crippen LogP contribution >= 0.6 is 23.5 Å². The van der Waals surface area contributed by atoms with E-state index in [1.54, 1.807) is 0 Å². The maximum atomic E-state index is 8.73. The molecule has 2 N–H and O–H groups in total. The molecule has 9 nitrogen and oxygen atoms in total. The zero-order chi connectivity index (χ0) is 13.5. The molecule has 11 heteroatoms. The minimum absolute atomic E-state index is 0.166. The largest absolute Gasteiger partial charge is 0.413 e. The molecule has 0 amide bonds. The van der Waals surface area contributed by atoms with Crippen molar-refractivity contribution in [2.75, 3.05) is 11.9 Å². The smallest absolute Gasteiger partial charge is 0.278 e. The Morgan fingerprint density at radius 2 is 1.32 bits per heavy atom. The van der Waals surface area contributed by atoms with Crippen molar-refractivity contribution in [2.24, 2.45) is 0 Å². The lowest BCUT2D eigenvalue weighted by molar-refractivity contribution is 0.224. The van der Waals surface area contributed by atoms with E-state index in [0.717, 1.165) is 0 Å². The Morgan fingerprint density at radius 3 is 1.68 bits per heavy atom. The van der Waals surface area contributed by atoms with Crippen molar-refractivity contribution in [3.05, 3.63) is 11.8 Å². The number of thioether (sulfide) groups is 2. The van der Waals surface area contributed by atoms with Crippen molar-refractivity contribution >= 4 is 23.5 Å². The molecule has 0 aliphatic heterocycles. The molecule has 0 saturated heterocycles. The normalized spacial score (nSPS) is 11.1. The van der Waals surface area contributed by atoms with Crippen LogP contribution in [-0.4, -0.2) is 42.5 Å². The molecule has 19 heavy (non-hydrogen) atoms. The van der Waals surface area contributed by atoms with Gasteiger partial charge in [-0.25, -0.2) is 0 Å². The minimum Gasteiger partial charge on any atom is -0.413 e. The van der Waals surface area contributed by atoms with Crippen LogP contribution in [0.3, 0.4) is 0 Å². The highest BCUT2D eigenvalue weighted by molar-refractivity contribution is 7.99. The van der Waals surface area contributed by atoms with Gasteiger partial charge in [0.15, 0.2) is 0 Å². The van der Waals surface area contributed by atoms with Crippen LogP contribution in [0.5, 0.6) is 0 Å². The van der Waals surface area contributed by atoms with Gasteiger partial charge in [-0.05, 0) is 23.5 Å². The van der Waals surface area contributed by atoms with Crippen molar-refractivity contribution in [2.45, 2.75) is 23.7 Å². The van der Waals surface area contributed by atoms with Crippen LogP contribution in [0.25, 0.3) is 0 Å². The fourth-order valence-corrected chi connectivity index (χ4v) is 2.09. The molecule has 0 spiro atoms. The molecule has 0 saturated carbocycles. The van der Waals surface area contributed by atoms with E-state index in [9.17, 15) is 0 Å². The molecule has 2 rings (SSSR count). The second kappa shape index (κ2) is 7.45. The number of ether oxygens (including phenoxy) is 1. The van der Waals surface area contributed by atoms with E-state index in [1.807, 2.05) is 0 Å². The SMILES string of the molecule is OCc1nnc(SCOCSc2nnc(CO)o2)o1. The Labute approximate surface area is 115 Å². The minimum atomic E-state index is -0.283. The van der Waals surface area contributed by atoms with Gasteiger partial charge in [0.25, 0.3) is 10.4 Å². The number of aromatic nitrogens is 4. The van der Waals surface area contributed by atoms with Gasteiger partial charge in [-0.1, -0.05) is 0 Å². The quantitative estimate of drug-likeness (QED) is 0.395. The van der Waals surface area contributed by atoms with Crippen molar-refractivity contribution in [1.82, 2.24) is 20.4 Å². The van der Waals surface area contributed by atoms with Gasteiger partial charge in [-0.3, -0.25) is 0 Å². The first-order valence-electron chi connectivity index (χ1n) is 5.01. The van der Waals surface area contributed by atoms with Crippen LogP contribution in [0.1, 0.15) is 11.8 Å². The summed E-state index contributed by atoms with van der Waals surface area (Å²) in [5.74, 6) is 0.945. The van der Waals surface area contributed by atoms with Crippen LogP contribution < -0.4 is 0 Å². The lowest BCUT2D eigenvalue weighted by Gasteiger charge is -1.98. The summed E-state index contributed by atoms with van der Waals surface area (Å²) < 4.78 is 15.4. The molecular weight excluding hydrogens is 296 g/mol. The summed E-state index contributed by atoms with van der Waals surface area (Å²) in [6, 6.07) is 0. The van der Waals surface area contributed by atoms with Gasteiger partial charge in [-0.2, -0.15) is 0 Å². The summed E-state index contributed by atoms with van der Waals surface area (Å²) in [4.78, 5) is 0. The van der Waals surface area contributed by atoms with Gasteiger partial charge in [-0.15, -0.1) is 20.4 Å². The lowest BCUT2D eigenvalue weighted by atomic mass is 10.7. The van der Waals surface area contributed by atoms with Crippen molar-refractivity contribution in [1.29, 1.82) is 0 Å². The van der Waals surface area contributed by atoms with E-state index in [2.05, 4.69) is 20.4 Å². The average molecular weight is 306 g/mol. The van der Waals surface area contributed by atoms with Crippen LogP contribution in [0.2, 0.25) is 0 Å². The standard InChI is InChI=1S/C8H10N4O5S2/c13-1-5-9-11-7(16-5)18-3-15-4-19-8-12-10-6(2-14)17-8/h13-14H,1-4H2. The molecule has 0 radical (unpaired) electrons. The van der Waals surface area contributed by atoms with Gasteiger partial charge in [0.05, 0.1) is 0 Å². The van der Waals surface area contributed by atoms with Crippen molar-refractivity contribution in [3.8, 4) is 0 Å². The summed E-state index contributed by atoms with van der Waals surface area (Å²) >= 11 is 2.42. The van der Waals surface area contributed by atoms with Gasteiger partial charge in [0.2, 0.25) is 11.8 Å². The number of hydrogen-bond donors (Lipinski definition) is 2. The van der Waals surface area contributed by atoms with Gasteiger partial charge in [0.1, 0.15) is 25.1 Å². The number of aliphatic hydroxyl groups is 2. The Bertz CT molecular complexity index is 461. The van der Waals surface area contributed by atoms with Crippen LogP contribution in [0.15, 0.2) is 19.3 Å². The molecule has 2 heterocycles. The third kappa shape index (κ3) is 4.47. The maximum Gasteiger partial charge on any atom is 0.278 e. The Balaban J connectivity index is 1.61. The molecule has 0 aliphatic rings. The summed E-state index contributed by atoms with van der Waals surface area (Å²) in [5.41, 5.74) is 0. The van der Waals surface area contributed by atoms with Gasteiger partial charge in [0, 0.05) is 0 Å². The molecule has 0 aliphatic carbocycles. The van der Waals surface area contributed by atoms with E-state index in [0.29, 0.717) is 22.3 Å². The lowest BCUT2D eigenvalue weighted by Crippen LogP contribution is -1.89. The van der Waals surface area contributed by atoms with Crippen LogP contribution in [-0.2, 0) is 18.0 Å². The van der Waals surface area contributed by atoms with Crippen molar-refractivity contribution in [3.63, 3.8) is 0 Å². The van der Waals surface area contributed by atoms with E-state index in [4.69, 9.17) is 23.8 Å². The second-order valence-electron chi connectivity index (χ2n) is 2.97. The first-order chi connectivity index (χ1) is 9.31. The molecule has 2 aromatic heterocycles. The third-order valence-electron chi connectivity index (χ3n) is 1.70. The molecular formula is C8H10N4O5S2. The highest BCUT2D eigenvalue weighted by Crippen LogP contribution is 2.19. The number of aliphatic hydroxyl groups excluding tert-OH is 2. The first-order valence-corrected chi connectivity index (χ1v) is 6.98. The van der Waals surface area contributed by atoms with E-state index < -0.39 is 0 Å². The summed E-state index contributed by atoms with van der Waals surface area (Å²) in [5, 5.41) is 32.7. The van der Waals surface area contributed by atoms with Crippen molar-refractivity contribution < 1.29 is 23.8 Å². The molecule has 0 atom stereocenters. The zero-order valence-electron chi connectivity index (χ0n) is 9.55. The molecule has 0 aromatic carbocycles. The third-order valence-corrected chi connectivity index (χ3v) is 3.09. The van der Waals surface area contributed by atoms with E-state index in [-0.39, 0.29) is 25.0 Å². The second-order valence-corrected chi connectivity index (χ2v) is 4.72. The fraction of sp³-hybridized carbons (Fsp3) is 0.500. The van der Waals surface area contributed by atoms with E-state index in [1.165, 1.54) is 23.5 Å². The average Bonchev–Trinajstić information content (AvgIpc) is 3.06. The van der Waals surface area contributed by atoms with Gasteiger partial charge < -0.3 is 23.8 Å². The summed E-state index contributed by atoms with van der Waals surface area (Å²) in [6.07, 6.45) is 0. The number of hydrogen-bond acceptors (Lipinski definition) is 11. The molecule has 104 valence electrons. The zero-order valence-corrected chi connectivity index (χ0v) is 11.2. The van der Waals surface area contributed by atoms with Gasteiger partial charge >= 0.3 is 0 Å². The Kier molecular flexibility index (Phi) is 5.60. The Hall–Kier alpha value is -1.14. The molecule has 0 fully saturated rings. The number of nitrogens with zero attached hydrogens (tertiary/aromatic N) is 4. The summed E-state index contributed by atoms with van der Waals surface area (Å²) in [7, 11) is 0. The predicted molar refractivity (Wildman–Crippen MR) is 63.0 cm³/mol. The first kappa shape index (κ1) is 14.3.